The van der Waals surface area contributed by atoms with E-state index in [2.05, 4.69) is 16.2 Å². The van der Waals surface area contributed by atoms with Crippen molar-refractivity contribution in [1.29, 1.82) is 0 Å². The quantitative estimate of drug-likeness (QED) is 0.681. The molecule has 0 N–H and O–H groups in total. The van der Waals surface area contributed by atoms with Gasteiger partial charge in [0.1, 0.15) is 0 Å². The monoisotopic (exact) mass is 261 g/mol. The fraction of sp³-hybridized carbons (Fsp3) is 0.182. The Morgan fingerprint density at radius 2 is 1.86 bits per heavy atom. The smallest absolute Gasteiger partial charge is 0.0295 e. The second kappa shape index (κ2) is 8.01. The second-order valence-electron chi connectivity index (χ2n) is 2.58. The summed E-state index contributed by atoms with van der Waals surface area (Å²) in [6.45, 7) is 4.00. The van der Waals surface area contributed by atoms with Gasteiger partial charge in [0.25, 0.3) is 0 Å². The van der Waals surface area contributed by atoms with E-state index in [0.717, 1.165) is 10.9 Å². The molecule has 0 spiro atoms. The number of rotatable bonds is 0. The summed E-state index contributed by atoms with van der Waals surface area (Å²) >= 11 is 0. The van der Waals surface area contributed by atoms with Crippen LogP contribution in [0.1, 0.15) is 13.8 Å². The van der Waals surface area contributed by atoms with E-state index in [1.54, 1.807) is 0 Å². The summed E-state index contributed by atoms with van der Waals surface area (Å²) in [6, 6.07) is 7.77. The molecule has 1 radical (unpaired) electrons. The van der Waals surface area contributed by atoms with Crippen molar-refractivity contribution in [2.45, 2.75) is 13.8 Å². The van der Waals surface area contributed by atoms with E-state index in [9.17, 15) is 0 Å². The number of fused-ring (bicyclic) bond motifs is 1. The Bertz CT molecular complexity index is 297. The van der Waals surface area contributed by atoms with Crippen molar-refractivity contribution in [2.24, 2.45) is 0 Å². The predicted molar refractivity (Wildman–Crippen MR) is 54.0 cm³/mol. The van der Waals surface area contributed by atoms with Crippen LogP contribution in [0.2, 0.25) is 0 Å². The number of benzene rings is 1. The van der Waals surface area contributed by atoms with Crippen molar-refractivity contribution >= 4 is 10.9 Å². The summed E-state index contributed by atoms with van der Waals surface area (Å²) in [5, 5.41) is 0.963. The van der Waals surface area contributed by atoms with Crippen LogP contribution >= 0.6 is 0 Å². The molecular formula is C11H12N2Y-2. The normalized spacial score (nSPS) is 8.43. The van der Waals surface area contributed by atoms with Gasteiger partial charge in [-0.05, 0) is 11.7 Å². The third-order valence-electron chi connectivity index (χ3n) is 1.34. The molecule has 2 rings (SSSR count). The fourth-order valence-corrected chi connectivity index (χ4v) is 0.870. The van der Waals surface area contributed by atoms with Crippen molar-refractivity contribution in [3.8, 4) is 0 Å². The van der Waals surface area contributed by atoms with Crippen LogP contribution < -0.4 is 0 Å². The Balaban J connectivity index is 0.000000381. The van der Waals surface area contributed by atoms with Gasteiger partial charge in [-0.2, -0.15) is 13.8 Å². The molecule has 1 aromatic carbocycles. The first-order valence-electron chi connectivity index (χ1n) is 4.20. The van der Waals surface area contributed by atoms with Gasteiger partial charge in [-0.25, -0.2) is 0 Å². The van der Waals surface area contributed by atoms with E-state index in [1.165, 1.54) is 6.33 Å². The Morgan fingerprint density at radius 1 is 1.21 bits per heavy atom. The largest absolute Gasteiger partial charge is 0.341 e. The fourth-order valence-electron chi connectivity index (χ4n) is 0.870. The molecule has 2 nitrogen and oxygen atoms in total. The van der Waals surface area contributed by atoms with Crippen LogP contribution in [-0.4, -0.2) is 9.97 Å². The summed E-state index contributed by atoms with van der Waals surface area (Å²) in [5.74, 6) is 0. The first-order chi connectivity index (χ1) is 6.38. The van der Waals surface area contributed by atoms with E-state index in [0.29, 0.717) is 0 Å². The first kappa shape index (κ1) is 13.7. The third-order valence-corrected chi connectivity index (χ3v) is 1.34. The summed E-state index contributed by atoms with van der Waals surface area (Å²) in [6.07, 6.45) is 6.34. The van der Waals surface area contributed by atoms with Gasteiger partial charge in [-0.15, -0.1) is 17.5 Å². The van der Waals surface area contributed by atoms with E-state index in [-0.39, 0.29) is 32.7 Å². The van der Waals surface area contributed by atoms with Gasteiger partial charge in [-0.1, -0.05) is 12.1 Å². The molecule has 0 bridgehead atoms. The summed E-state index contributed by atoms with van der Waals surface area (Å²) in [7, 11) is 0. The summed E-state index contributed by atoms with van der Waals surface area (Å²) in [4.78, 5) is 7.82. The van der Waals surface area contributed by atoms with Crippen molar-refractivity contribution in [3.63, 3.8) is 0 Å². The average Bonchev–Trinajstić information content (AvgIpc) is 2.19. The minimum absolute atomic E-state index is 0. The number of para-hydroxylation sites is 1. The SMILES string of the molecule is C[CH-]C.[Y].[c-]1ncnc2ccccc12. The standard InChI is InChI=1S/C8H5N2.C3H7.Y/c1-2-4-8-7(3-1)5-9-6-10-8;1-3-2;/h1-4,6H;3H,1-2H3;/q2*-1;. The molecule has 2 aromatic rings. The predicted octanol–water partition coefficient (Wildman–Crippen LogP) is 2.66. The maximum Gasteiger partial charge on any atom is 0.0295 e. The molecule has 0 amide bonds. The molecule has 0 unspecified atom stereocenters. The zero-order valence-electron chi connectivity index (χ0n) is 8.44. The third kappa shape index (κ3) is 4.25. The van der Waals surface area contributed by atoms with Gasteiger partial charge in [0, 0.05) is 39.0 Å². The zero-order chi connectivity index (χ0) is 9.52. The number of hydrogen-bond acceptors (Lipinski definition) is 2. The van der Waals surface area contributed by atoms with Crippen molar-refractivity contribution < 1.29 is 32.7 Å². The Hall–Kier alpha value is -0.336. The van der Waals surface area contributed by atoms with Gasteiger partial charge in [0.2, 0.25) is 0 Å². The molecule has 0 aliphatic carbocycles. The Kier molecular flexibility index (Phi) is 7.82. The van der Waals surface area contributed by atoms with Crippen LogP contribution in [0.5, 0.6) is 0 Å². The summed E-state index contributed by atoms with van der Waals surface area (Å²) in [5.41, 5.74) is 0.942. The minimum atomic E-state index is 0. The first-order valence-corrected chi connectivity index (χ1v) is 4.20. The molecule has 0 aliphatic rings. The molecule has 3 heteroatoms. The van der Waals surface area contributed by atoms with Crippen LogP contribution in [0.15, 0.2) is 30.6 Å². The van der Waals surface area contributed by atoms with Crippen LogP contribution in [-0.2, 0) is 32.7 Å². The molecule has 0 aliphatic heterocycles. The van der Waals surface area contributed by atoms with Gasteiger partial charge in [0.05, 0.1) is 0 Å². The molecule has 0 saturated carbocycles. The second-order valence-corrected chi connectivity index (χ2v) is 2.58. The van der Waals surface area contributed by atoms with Crippen LogP contribution in [0.3, 0.4) is 0 Å². The molecule has 0 atom stereocenters. The Morgan fingerprint density at radius 3 is 2.50 bits per heavy atom. The van der Waals surface area contributed by atoms with Crippen molar-refractivity contribution in [1.82, 2.24) is 9.97 Å². The van der Waals surface area contributed by atoms with E-state index < -0.39 is 0 Å². The summed E-state index contributed by atoms with van der Waals surface area (Å²) < 4.78 is 0. The van der Waals surface area contributed by atoms with Crippen molar-refractivity contribution in [2.75, 3.05) is 0 Å². The molecule has 0 saturated heterocycles. The number of nitrogens with zero attached hydrogens (tertiary/aromatic N) is 2. The van der Waals surface area contributed by atoms with Crippen molar-refractivity contribution in [3.05, 3.63) is 43.2 Å². The maximum atomic E-state index is 4.04. The number of aromatic nitrogens is 2. The minimum Gasteiger partial charge on any atom is -0.341 e. The molecule has 71 valence electrons. The van der Waals surface area contributed by atoms with Gasteiger partial charge in [0.15, 0.2) is 0 Å². The van der Waals surface area contributed by atoms with Crippen LogP contribution in [0.4, 0.5) is 0 Å². The maximum absolute atomic E-state index is 4.04. The molecule has 14 heavy (non-hydrogen) atoms. The van der Waals surface area contributed by atoms with Crippen LogP contribution in [0.25, 0.3) is 10.9 Å². The van der Waals surface area contributed by atoms with Gasteiger partial charge < -0.3 is 16.4 Å². The van der Waals surface area contributed by atoms with Crippen LogP contribution in [0, 0.1) is 12.6 Å². The van der Waals surface area contributed by atoms with E-state index >= 15 is 0 Å². The molecule has 1 aromatic heterocycles. The number of hydrogen-bond donors (Lipinski definition) is 0. The molecule has 0 fully saturated rings. The molecular weight excluding hydrogens is 249 g/mol. The van der Waals surface area contributed by atoms with Gasteiger partial charge >= 0.3 is 0 Å². The zero-order valence-corrected chi connectivity index (χ0v) is 11.3. The average molecular weight is 261 g/mol. The van der Waals surface area contributed by atoms with E-state index in [1.807, 2.05) is 44.5 Å². The van der Waals surface area contributed by atoms with Gasteiger partial charge in [-0.3, -0.25) is 0 Å². The van der Waals surface area contributed by atoms with E-state index in [4.69, 9.17) is 0 Å². The molecule has 1 heterocycles. The Labute approximate surface area is 110 Å². The topological polar surface area (TPSA) is 25.8 Å².